The quantitative estimate of drug-likeness (QED) is 0.840. The Bertz CT molecular complexity index is 569. The number of nitrogens with one attached hydrogen (secondary N) is 1. The summed E-state index contributed by atoms with van der Waals surface area (Å²) in [6, 6.07) is 16.5. The van der Waals surface area contributed by atoms with Crippen LogP contribution >= 0.6 is 0 Å². The average molecular weight is 285 g/mol. The molecule has 0 aliphatic rings. The van der Waals surface area contributed by atoms with Crippen molar-refractivity contribution in [2.75, 3.05) is 20.8 Å². The van der Waals surface area contributed by atoms with E-state index in [-0.39, 0.29) is 6.04 Å². The first kappa shape index (κ1) is 15.4. The monoisotopic (exact) mass is 285 g/mol. The zero-order chi connectivity index (χ0) is 15.1. The molecule has 0 saturated heterocycles. The summed E-state index contributed by atoms with van der Waals surface area (Å²) in [5, 5.41) is 3.33. The van der Waals surface area contributed by atoms with Crippen LogP contribution in [0.1, 0.15) is 23.6 Å². The fourth-order valence-corrected chi connectivity index (χ4v) is 2.34. The lowest BCUT2D eigenvalue weighted by atomic mass is 10.0. The molecule has 3 nitrogen and oxygen atoms in total. The van der Waals surface area contributed by atoms with Crippen molar-refractivity contribution in [1.82, 2.24) is 5.32 Å². The topological polar surface area (TPSA) is 30.5 Å². The highest BCUT2D eigenvalue weighted by Crippen LogP contribution is 2.22. The van der Waals surface area contributed by atoms with Crippen LogP contribution < -0.4 is 14.8 Å². The second-order valence-corrected chi connectivity index (χ2v) is 5.07. The van der Waals surface area contributed by atoms with Gasteiger partial charge in [-0.05, 0) is 49.4 Å². The van der Waals surface area contributed by atoms with E-state index in [1.165, 1.54) is 11.1 Å². The van der Waals surface area contributed by atoms with Crippen LogP contribution in [0.4, 0.5) is 0 Å². The maximum atomic E-state index is 5.83. The number of aryl methyl sites for hydroxylation is 1. The molecule has 0 heterocycles. The largest absolute Gasteiger partial charge is 0.497 e. The maximum Gasteiger partial charge on any atom is 0.119 e. The number of methoxy groups -OCH3 is 1. The summed E-state index contributed by atoms with van der Waals surface area (Å²) in [4.78, 5) is 0. The molecular weight excluding hydrogens is 262 g/mol. The van der Waals surface area contributed by atoms with Crippen molar-refractivity contribution in [2.24, 2.45) is 0 Å². The number of ether oxygens (including phenoxy) is 2. The van der Waals surface area contributed by atoms with E-state index >= 15 is 0 Å². The molecule has 0 amide bonds. The standard InChI is InChI=1S/C18H23NO2/c1-14-6-4-9-17(12-14)21-11-10-18(19-2)15-7-5-8-16(13-15)20-3/h4-9,12-13,18-19H,10-11H2,1-3H3. The van der Waals surface area contributed by atoms with Crippen LogP contribution in [0.5, 0.6) is 11.5 Å². The molecule has 0 aliphatic heterocycles. The second kappa shape index (κ2) is 7.70. The number of hydrogen-bond donors (Lipinski definition) is 1. The molecule has 1 N–H and O–H groups in total. The van der Waals surface area contributed by atoms with E-state index in [1.807, 2.05) is 31.3 Å². The fraction of sp³-hybridized carbons (Fsp3) is 0.333. The lowest BCUT2D eigenvalue weighted by Crippen LogP contribution is -2.19. The molecule has 21 heavy (non-hydrogen) atoms. The van der Waals surface area contributed by atoms with Gasteiger partial charge in [-0.2, -0.15) is 0 Å². The van der Waals surface area contributed by atoms with Crippen LogP contribution in [0.25, 0.3) is 0 Å². The first-order valence-corrected chi connectivity index (χ1v) is 7.23. The van der Waals surface area contributed by atoms with Crippen LogP contribution in [-0.2, 0) is 0 Å². The number of hydrogen-bond acceptors (Lipinski definition) is 3. The SMILES string of the molecule is CNC(CCOc1cccc(C)c1)c1cccc(OC)c1. The van der Waals surface area contributed by atoms with Gasteiger partial charge in [-0.1, -0.05) is 24.3 Å². The Labute approximate surface area is 126 Å². The number of benzene rings is 2. The van der Waals surface area contributed by atoms with Crippen molar-refractivity contribution in [3.05, 3.63) is 59.7 Å². The summed E-state index contributed by atoms with van der Waals surface area (Å²) in [6.45, 7) is 2.74. The molecule has 2 rings (SSSR count). The van der Waals surface area contributed by atoms with Crippen LogP contribution in [0, 0.1) is 6.92 Å². The first-order chi connectivity index (χ1) is 10.2. The molecule has 0 spiro atoms. The Balaban J connectivity index is 1.93. The van der Waals surface area contributed by atoms with E-state index in [0.29, 0.717) is 6.61 Å². The molecule has 2 aromatic rings. The van der Waals surface area contributed by atoms with Gasteiger partial charge < -0.3 is 14.8 Å². The molecule has 3 heteroatoms. The van der Waals surface area contributed by atoms with Crippen LogP contribution in [0.2, 0.25) is 0 Å². The van der Waals surface area contributed by atoms with Crippen molar-refractivity contribution in [3.8, 4) is 11.5 Å². The third-order valence-corrected chi connectivity index (χ3v) is 3.51. The minimum Gasteiger partial charge on any atom is -0.497 e. The summed E-state index contributed by atoms with van der Waals surface area (Å²) < 4.78 is 11.1. The third-order valence-electron chi connectivity index (χ3n) is 3.51. The lowest BCUT2D eigenvalue weighted by Gasteiger charge is -2.18. The second-order valence-electron chi connectivity index (χ2n) is 5.07. The molecule has 0 aromatic heterocycles. The van der Waals surface area contributed by atoms with Gasteiger partial charge in [-0.15, -0.1) is 0 Å². The first-order valence-electron chi connectivity index (χ1n) is 7.23. The Hall–Kier alpha value is -2.00. The molecule has 2 aromatic carbocycles. The summed E-state index contributed by atoms with van der Waals surface area (Å²) in [6.07, 6.45) is 0.900. The van der Waals surface area contributed by atoms with Crippen LogP contribution in [0.15, 0.2) is 48.5 Å². The molecule has 0 bridgehead atoms. The van der Waals surface area contributed by atoms with Gasteiger partial charge in [-0.25, -0.2) is 0 Å². The molecule has 0 radical (unpaired) electrons. The van der Waals surface area contributed by atoms with Crippen molar-refractivity contribution in [3.63, 3.8) is 0 Å². The van der Waals surface area contributed by atoms with Crippen molar-refractivity contribution in [1.29, 1.82) is 0 Å². The van der Waals surface area contributed by atoms with E-state index in [0.717, 1.165) is 17.9 Å². The summed E-state index contributed by atoms with van der Waals surface area (Å²) >= 11 is 0. The van der Waals surface area contributed by atoms with Gasteiger partial charge in [0.1, 0.15) is 11.5 Å². The van der Waals surface area contributed by atoms with Gasteiger partial charge in [0, 0.05) is 12.5 Å². The maximum absolute atomic E-state index is 5.83. The van der Waals surface area contributed by atoms with Gasteiger partial charge in [0.2, 0.25) is 0 Å². The molecule has 112 valence electrons. The smallest absolute Gasteiger partial charge is 0.119 e. The molecule has 0 aliphatic carbocycles. The van der Waals surface area contributed by atoms with Gasteiger partial charge in [0.25, 0.3) is 0 Å². The highest BCUT2D eigenvalue weighted by molar-refractivity contribution is 5.30. The van der Waals surface area contributed by atoms with E-state index in [1.54, 1.807) is 7.11 Å². The van der Waals surface area contributed by atoms with E-state index in [2.05, 4.69) is 36.5 Å². The molecule has 0 fully saturated rings. The predicted octanol–water partition coefficient (Wildman–Crippen LogP) is 3.73. The van der Waals surface area contributed by atoms with E-state index in [4.69, 9.17) is 9.47 Å². The lowest BCUT2D eigenvalue weighted by molar-refractivity contribution is 0.290. The van der Waals surface area contributed by atoms with E-state index < -0.39 is 0 Å². The van der Waals surface area contributed by atoms with Crippen molar-refractivity contribution < 1.29 is 9.47 Å². The zero-order valence-electron chi connectivity index (χ0n) is 12.9. The Kier molecular flexibility index (Phi) is 5.64. The van der Waals surface area contributed by atoms with Crippen molar-refractivity contribution in [2.45, 2.75) is 19.4 Å². The molecule has 1 unspecified atom stereocenters. The molecule has 1 atom stereocenters. The highest BCUT2D eigenvalue weighted by atomic mass is 16.5. The van der Waals surface area contributed by atoms with Crippen LogP contribution in [0.3, 0.4) is 0 Å². The highest BCUT2D eigenvalue weighted by Gasteiger charge is 2.10. The predicted molar refractivity (Wildman–Crippen MR) is 86.1 cm³/mol. The van der Waals surface area contributed by atoms with Gasteiger partial charge >= 0.3 is 0 Å². The minimum absolute atomic E-state index is 0.255. The van der Waals surface area contributed by atoms with Gasteiger partial charge in [0.15, 0.2) is 0 Å². The molecular formula is C18H23NO2. The minimum atomic E-state index is 0.255. The Morgan fingerprint density at radius 3 is 2.52 bits per heavy atom. The normalized spacial score (nSPS) is 12.0. The van der Waals surface area contributed by atoms with E-state index in [9.17, 15) is 0 Å². The van der Waals surface area contributed by atoms with Gasteiger partial charge in [0.05, 0.1) is 13.7 Å². The third kappa shape index (κ3) is 4.50. The zero-order valence-corrected chi connectivity index (χ0v) is 12.9. The Morgan fingerprint density at radius 1 is 1.05 bits per heavy atom. The number of rotatable bonds is 7. The summed E-state index contributed by atoms with van der Waals surface area (Å²) in [5.41, 5.74) is 2.43. The van der Waals surface area contributed by atoms with Crippen molar-refractivity contribution >= 4 is 0 Å². The van der Waals surface area contributed by atoms with Gasteiger partial charge in [-0.3, -0.25) is 0 Å². The van der Waals surface area contributed by atoms with Crippen LogP contribution in [-0.4, -0.2) is 20.8 Å². The summed E-state index contributed by atoms with van der Waals surface area (Å²) in [5.74, 6) is 1.81. The fourth-order valence-electron chi connectivity index (χ4n) is 2.34. The average Bonchev–Trinajstić information content (AvgIpc) is 2.52. The Morgan fingerprint density at radius 2 is 1.81 bits per heavy atom. The molecule has 0 saturated carbocycles. The summed E-state index contributed by atoms with van der Waals surface area (Å²) in [7, 11) is 3.66.